The van der Waals surface area contributed by atoms with Gasteiger partial charge in [-0.25, -0.2) is 0 Å². The van der Waals surface area contributed by atoms with Crippen LogP contribution in [0.5, 0.6) is 0 Å². The van der Waals surface area contributed by atoms with E-state index in [-0.39, 0.29) is 6.04 Å². The molecule has 21 heavy (non-hydrogen) atoms. The van der Waals surface area contributed by atoms with Crippen molar-refractivity contribution in [1.82, 2.24) is 4.90 Å². The van der Waals surface area contributed by atoms with Crippen LogP contribution >= 0.6 is 0 Å². The average molecular weight is 279 g/mol. The molecule has 108 valence electrons. The largest absolute Gasteiger partial charge is 0.338 e. The lowest BCUT2D eigenvalue weighted by Gasteiger charge is -2.24. The van der Waals surface area contributed by atoms with Gasteiger partial charge in [0.1, 0.15) is 0 Å². The van der Waals surface area contributed by atoms with Crippen molar-refractivity contribution < 1.29 is 4.79 Å². The highest BCUT2D eigenvalue weighted by Crippen LogP contribution is 2.10. The van der Waals surface area contributed by atoms with Crippen molar-refractivity contribution in [2.24, 2.45) is 0 Å². The van der Waals surface area contributed by atoms with Gasteiger partial charge in [0.25, 0.3) is 0 Å². The van der Waals surface area contributed by atoms with E-state index in [1.807, 2.05) is 53.4 Å². The highest BCUT2D eigenvalue weighted by Gasteiger charge is 2.10. The molecule has 0 aliphatic carbocycles. The van der Waals surface area contributed by atoms with E-state index in [2.05, 4.69) is 31.2 Å². The van der Waals surface area contributed by atoms with Gasteiger partial charge in [-0.1, -0.05) is 72.8 Å². The Morgan fingerprint density at radius 3 is 2.24 bits per heavy atom. The van der Waals surface area contributed by atoms with Crippen molar-refractivity contribution in [2.45, 2.75) is 25.9 Å². The summed E-state index contributed by atoms with van der Waals surface area (Å²) in [5.74, 6) is 0. The second-order valence-corrected chi connectivity index (χ2v) is 5.16. The van der Waals surface area contributed by atoms with Gasteiger partial charge >= 0.3 is 0 Å². The molecule has 0 saturated heterocycles. The lowest BCUT2D eigenvalue weighted by molar-refractivity contribution is -0.120. The van der Waals surface area contributed by atoms with Gasteiger partial charge in [0.2, 0.25) is 6.41 Å². The number of hydrogen-bond donors (Lipinski definition) is 0. The number of carbonyl (C=O) groups is 1. The molecule has 0 spiro atoms. The third-order valence-corrected chi connectivity index (χ3v) is 3.50. The van der Waals surface area contributed by atoms with Gasteiger partial charge in [0.15, 0.2) is 0 Å². The number of rotatable bonds is 7. The predicted molar refractivity (Wildman–Crippen MR) is 87.6 cm³/mol. The molecule has 0 aromatic heterocycles. The Bertz CT molecular complexity index is 563. The maximum Gasteiger partial charge on any atom is 0.210 e. The predicted octanol–water partition coefficient (Wildman–Crippen LogP) is 4.14. The zero-order valence-corrected chi connectivity index (χ0v) is 12.4. The number of carbonyl (C=O) groups excluding carboxylic acids is 1. The maximum atomic E-state index is 11.3. The van der Waals surface area contributed by atoms with Crippen LogP contribution in [0.25, 0.3) is 6.08 Å². The minimum absolute atomic E-state index is 0.183. The summed E-state index contributed by atoms with van der Waals surface area (Å²) in [5, 5.41) is 0. The molecule has 0 bridgehead atoms. The van der Waals surface area contributed by atoms with Crippen LogP contribution in [-0.4, -0.2) is 17.4 Å². The van der Waals surface area contributed by atoms with Crippen LogP contribution in [0.15, 0.2) is 66.7 Å². The fourth-order valence-corrected chi connectivity index (χ4v) is 2.19. The summed E-state index contributed by atoms with van der Waals surface area (Å²) in [5.41, 5.74) is 2.34. The zero-order chi connectivity index (χ0) is 14.9. The van der Waals surface area contributed by atoms with E-state index in [4.69, 9.17) is 0 Å². The quantitative estimate of drug-likeness (QED) is 0.698. The molecular weight excluding hydrogens is 258 g/mol. The zero-order valence-electron chi connectivity index (χ0n) is 12.4. The Morgan fingerprint density at radius 2 is 1.62 bits per heavy atom. The monoisotopic (exact) mass is 279 g/mol. The average Bonchev–Trinajstić information content (AvgIpc) is 2.54. The summed E-state index contributed by atoms with van der Waals surface area (Å²) in [6.45, 7) is 2.73. The number of hydrogen-bond acceptors (Lipinski definition) is 1. The molecule has 1 amide bonds. The third-order valence-electron chi connectivity index (χ3n) is 3.50. The van der Waals surface area contributed by atoms with E-state index in [1.165, 1.54) is 5.56 Å². The van der Waals surface area contributed by atoms with Crippen LogP contribution in [0.3, 0.4) is 0 Å². The first-order chi connectivity index (χ1) is 10.3. The van der Waals surface area contributed by atoms with Crippen LogP contribution in [0.4, 0.5) is 0 Å². The molecule has 1 unspecified atom stereocenters. The summed E-state index contributed by atoms with van der Waals surface area (Å²) < 4.78 is 0. The van der Waals surface area contributed by atoms with Crippen molar-refractivity contribution in [3.8, 4) is 0 Å². The summed E-state index contributed by atoms with van der Waals surface area (Å²) in [6.07, 6.45) is 6.01. The van der Waals surface area contributed by atoms with Gasteiger partial charge in [-0.2, -0.15) is 0 Å². The first-order valence-electron chi connectivity index (χ1n) is 7.26. The second kappa shape index (κ2) is 8.05. The van der Waals surface area contributed by atoms with Crippen molar-refractivity contribution in [1.29, 1.82) is 0 Å². The Hall–Kier alpha value is -2.35. The highest BCUT2D eigenvalue weighted by molar-refractivity contribution is 5.50. The minimum atomic E-state index is 0.183. The molecule has 1 atom stereocenters. The van der Waals surface area contributed by atoms with Crippen molar-refractivity contribution in [2.75, 3.05) is 0 Å². The van der Waals surface area contributed by atoms with Crippen molar-refractivity contribution in [3.63, 3.8) is 0 Å². The smallest absolute Gasteiger partial charge is 0.210 e. The van der Waals surface area contributed by atoms with E-state index < -0.39 is 0 Å². The molecule has 0 saturated carbocycles. The van der Waals surface area contributed by atoms with Gasteiger partial charge in [0, 0.05) is 12.6 Å². The van der Waals surface area contributed by atoms with Gasteiger partial charge in [-0.05, 0) is 24.5 Å². The fourth-order valence-electron chi connectivity index (χ4n) is 2.19. The summed E-state index contributed by atoms with van der Waals surface area (Å²) in [7, 11) is 0. The summed E-state index contributed by atoms with van der Waals surface area (Å²) in [6, 6.07) is 20.5. The number of amides is 1. The van der Waals surface area contributed by atoms with Crippen molar-refractivity contribution in [3.05, 3.63) is 77.9 Å². The van der Waals surface area contributed by atoms with Gasteiger partial charge in [-0.3, -0.25) is 4.79 Å². The molecule has 0 heterocycles. The van der Waals surface area contributed by atoms with E-state index in [9.17, 15) is 4.79 Å². The molecule has 2 aromatic rings. The molecule has 2 heteroatoms. The third kappa shape index (κ3) is 4.92. The number of benzene rings is 2. The highest BCUT2D eigenvalue weighted by atomic mass is 16.1. The first-order valence-corrected chi connectivity index (χ1v) is 7.26. The van der Waals surface area contributed by atoms with Crippen LogP contribution in [-0.2, 0) is 11.3 Å². The molecule has 0 N–H and O–H groups in total. The lowest BCUT2D eigenvalue weighted by Crippen LogP contribution is -2.30. The van der Waals surface area contributed by atoms with Crippen LogP contribution in [0.1, 0.15) is 24.5 Å². The number of nitrogens with zero attached hydrogens (tertiary/aromatic N) is 1. The summed E-state index contributed by atoms with van der Waals surface area (Å²) in [4.78, 5) is 13.1. The normalized spacial score (nSPS) is 12.2. The molecule has 2 aromatic carbocycles. The van der Waals surface area contributed by atoms with Crippen LogP contribution in [0.2, 0.25) is 0 Å². The van der Waals surface area contributed by atoms with Gasteiger partial charge in [0.05, 0.1) is 0 Å². The molecule has 0 aliphatic heterocycles. The van der Waals surface area contributed by atoms with E-state index in [0.717, 1.165) is 18.4 Å². The molecule has 2 rings (SSSR count). The Balaban J connectivity index is 1.90. The molecule has 0 aliphatic rings. The van der Waals surface area contributed by atoms with Crippen LogP contribution in [0, 0.1) is 0 Å². The van der Waals surface area contributed by atoms with Gasteiger partial charge in [-0.15, -0.1) is 0 Å². The molecule has 0 radical (unpaired) electrons. The lowest BCUT2D eigenvalue weighted by atomic mass is 10.1. The summed E-state index contributed by atoms with van der Waals surface area (Å²) >= 11 is 0. The van der Waals surface area contributed by atoms with Crippen molar-refractivity contribution >= 4 is 12.5 Å². The van der Waals surface area contributed by atoms with Gasteiger partial charge < -0.3 is 4.90 Å². The molecule has 0 fully saturated rings. The SMILES string of the molecule is CC(C/C=C/c1ccccc1)N(C=O)Cc1ccccc1. The first kappa shape index (κ1) is 15.0. The topological polar surface area (TPSA) is 20.3 Å². The Morgan fingerprint density at radius 1 is 1.00 bits per heavy atom. The standard InChI is InChI=1S/C19H21NO/c1-17(9-8-14-18-10-4-2-5-11-18)20(16-21)15-19-12-6-3-7-13-19/h2-8,10-14,16-17H,9,15H2,1H3/b14-8+. The Kier molecular flexibility index (Phi) is 5.77. The van der Waals surface area contributed by atoms with E-state index >= 15 is 0 Å². The van der Waals surface area contributed by atoms with E-state index in [0.29, 0.717) is 6.54 Å². The fraction of sp³-hybridized carbons (Fsp3) is 0.211. The Labute approximate surface area is 126 Å². The molecule has 2 nitrogen and oxygen atoms in total. The second-order valence-electron chi connectivity index (χ2n) is 5.16. The van der Waals surface area contributed by atoms with Crippen LogP contribution < -0.4 is 0 Å². The maximum absolute atomic E-state index is 11.3. The van der Waals surface area contributed by atoms with E-state index in [1.54, 1.807) is 0 Å². The minimum Gasteiger partial charge on any atom is -0.338 e. The molecular formula is C19H21NO.